The molecule has 2 heterocycles. The molecule has 0 spiro atoms. The van der Waals surface area contributed by atoms with E-state index in [1.54, 1.807) is 12.1 Å². The van der Waals surface area contributed by atoms with Crippen molar-refractivity contribution in [1.82, 2.24) is 10.8 Å². The molecule has 3 fully saturated rings. The van der Waals surface area contributed by atoms with E-state index in [4.69, 9.17) is 14.7 Å². The lowest BCUT2D eigenvalue weighted by Gasteiger charge is -2.22. The number of hydrogen-bond acceptors (Lipinski definition) is 7. The van der Waals surface area contributed by atoms with E-state index in [9.17, 15) is 14.0 Å². The Morgan fingerprint density at radius 2 is 2.13 bits per heavy atom. The number of anilines is 2. The lowest BCUT2D eigenvalue weighted by Crippen LogP contribution is -2.33. The van der Waals surface area contributed by atoms with Crippen LogP contribution in [0.15, 0.2) is 30.0 Å². The number of cyclic esters (lactones) is 1. The predicted octanol–water partition coefficient (Wildman–Crippen LogP) is 0.750. The Balaban J connectivity index is 1.34. The van der Waals surface area contributed by atoms with E-state index < -0.39 is 12.2 Å². The van der Waals surface area contributed by atoms with Crippen molar-refractivity contribution >= 4 is 23.4 Å². The molecule has 1 saturated carbocycles. The molecule has 0 aromatic heterocycles. The number of carbonyl (C=O) groups excluding carboxylic acids is 2. The van der Waals surface area contributed by atoms with Crippen molar-refractivity contribution < 1.29 is 28.7 Å². The average Bonchev–Trinajstić information content (AvgIpc) is 3.04. The molecule has 1 aromatic carbocycles. The summed E-state index contributed by atoms with van der Waals surface area (Å²) in [5.74, 6) is 0.159. The van der Waals surface area contributed by atoms with Gasteiger partial charge >= 0.3 is 6.09 Å². The number of rotatable bonds is 8. The van der Waals surface area contributed by atoms with E-state index >= 15 is 0 Å². The number of halogens is 1. The first-order valence-electron chi connectivity index (χ1n) is 9.93. The second-order valence-corrected chi connectivity index (χ2v) is 7.64. The number of nitrogens with zero attached hydrogens (tertiary/aromatic N) is 2. The van der Waals surface area contributed by atoms with Crippen LogP contribution in [0.2, 0.25) is 0 Å². The first kappa shape index (κ1) is 20.4. The number of fused-ring (bicyclic) bond motifs is 1. The van der Waals surface area contributed by atoms with Gasteiger partial charge in [-0.25, -0.2) is 9.18 Å². The number of amides is 2. The molecular formula is C20H25FN4O5. The van der Waals surface area contributed by atoms with Crippen LogP contribution in [-0.2, 0) is 14.4 Å². The Labute approximate surface area is 173 Å². The summed E-state index contributed by atoms with van der Waals surface area (Å²) in [6.45, 7) is 3.50. The van der Waals surface area contributed by atoms with Gasteiger partial charge in [0.15, 0.2) is 0 Å². The highest BCUT2D eigenvalue weighted by atomic mass is 19.1. The van der Waals surface area contributed by atoms with Crippen LogP contribution >= 0.6 is 0 Å². The van der Waals surface area contributed by atoms with E-state index in [2.05, 4.69) is 10.8 Å². The van der Waals surface area contributed by atoms with Crippen LogP contribution < -0.4 is 20.6 Å². The van der Waals surface area contributed by atoms with Crippen molar-refractivity contribution in [3.8, 4) is 0 Å². The smallest absolute Gasteiger partial charge is 0.414 e. The Morgan fingerprint density at radius 3 is 2.80 bits per heavy atom. The molecule has 3 atom stereocenters. The minimum Gasteiger partial charge on any atom is -0.442 e. The van der Waals surface area contributed by atoms with Gasteiger partial charge in [-0.2, -0.15) is 0 Å². The SMILES string of the molecule is CC(=O)NC[C@H]1CN(c2ccc(N3C[C@@H]4C(=CNOCCO)[C@@H]4C3)c(F)c2)C(=O)O1. The predicted molar refractivity (Wildman–Crippen MR) is 106 cm³/mol. The third kappa shape index (κ3) is 4.19. The minimum atomic E-state index is -0.550. The van der Waals surface area contributed by atoms with Crippen LogP contribution in [0.25, 0.3) is 0 Å². The standard InChI is InChI=1S/C20H25FN4O5/c1-12(27)22-7-14-9-25(20(28)30-14)13-2-3-19(18(21)6-13)24-10-16-15(17(16)11-24)8-23-29-5-4-26/h2-3,6,8,14,16-17,23,26H,4-5,7,9-11H2,1H3,(H,22,27)/t14-,16-,17+/m0/s1. The zero-order valence-electron chi connectivity index (χ0n) is 16.6. The Hall–Kier alpha value is -2.85. The normalized spacial score (nSPS) is 26.0. The molecule has 0 unspecified atom stereocenters. The second kappa shape index (κ2) is 8.49. The highest BCUT2D eigenvalue weighted by Crippen LogP contribution is 2.52. The van der Waals surface area contributed by atoms with Crippen LogP contribution in [0.4, 0.5) is 20.6 Å². The number of nitrogens with one attached hydrogen (secondary N) is 2. The average molecular weight is 420 g/mol. The van der Waals surface area contributed by atoms with Crippen LogP contribution in [-0.4, -0.2) is 62.6 Å². The fourth-order valence-electron chi connectivity index (χ4n) is 4.06. The molecule has 3 N–H and O–H groups in total. The summed E-state index contributed by atoms with van der Waals surface area (Å²) in [6, 6.07) is 4.75. The summed E-state index contributed by atoms with van der Waals surface area (Å²) in [7, 11) is 0. The molecule has 0 radical (unpaired) electrons. The third-order valence-electron chi connectivity index (χ3n) is 5.61. The molecule has 1 aliphatic carbocycles. The Bertz CT molecular complexity index is 850. The number of ether oxygens (including phenoxy) is 1. The summed E-state index contributed by atoms with van der Waals surface area (Å²) in [6.07, 6.45) is 0.804. The minimum absolute atomic E-state index is 0.0445. The summed E-state index contributed by atoms with van der Waals surface area (Å²) in [5, 5.41) is 11.3. The highest BCUT2D eigenvalue weighted by Gasteiger charge is 2.51. The highest BCUT2D eigenvalue weighted by molar-refractivity contribution is 5.90. The number of piperidine rings is 1. The number of aliphatic hydroxyl groups excluding tert-OH is 1. The van der Waals surface area contributed by atoms with E-state index in [0.29, 0.717) is 23.2 Å². The van der Waals surface area contributed by atoms with Gasteiger partial charge in [-0.05, 0) is 23.8 Å². The maximum Gasteiger partial charge on any atom is 0.414 e. The summed E-state index contributed by atoms with van der Waals surface area (Å²) < 4.78 is 20.0. The number of carbonyl (C=O) groups is 2. The van der Waals surface area contributed by atoms with Gasteiger partial charge < -0.3 is 20.1 Å². The van der Waals surface area contributed by atoms with Gasteiger partial charge in [0.05, 0.1) is 37.7 Å². The molecule has 1 aromatic rings. The molecule has 0 bridgehead atoms. The van der Waals surface area contributed by atoms with Gasteiger partial charge in [0.25, 0.3) is 0 Å². The molecule has 3 aliphatic rings. The molecule has 162 valence electrons. The van der Waals surface area contributed by atoms with Gasteiger partial charge in [-0.1, -0.05) is 0 Å². The first-order valence-corrected chi connectivity index (χ1v) is 9.93. The lowest BCUT2D eigenvalue weighted by molar-refractivity contribution is -0.119. The number of benzene rings is 1. The van der Waals surface area contributed by atoms with Crippen LogP contribution in [0.3, 0.4) is 0 Å². The molecule has 30 heavy (non-hydrogen) atoms. The molecule has 9 nitrogen and oxygen atoms in total. The number of aliphatic hydroxyl groups is 1. The second-order valence-electron chi connectivity index (χ2n) is 7.64. The first-order chi connectivity index (χ1) is 14.5. The quantitative estimate of drug-likeness (QED) is 0.421. The summed E-state index contributed by atoms with van der Waals surface area (Å²) >= 11 is 0. The molecule has 2 aliphatic heterocycles. The Morgan fingerprint density at radius 1 is 1.37 bits per heavy atom. The zero-order valence-corrected chi connectivity index (χ0v) is 16.6. The summed E-state index contributed by atoms with van der Waals surface area (Å²) in [4.78, 5) is 31.5. The van der Waals surface area contributed by atoms with Crippen molar-refractivity contribution in [2.24, 2.45) is 11.8 Å². The van der Waals surface area contributed by atoms with Crippen molar-refractivity contribution in [3.05, 3.63) is 35.8 Å². The van der Waals surface area contributed by atoms with Gasteiger partial charge in [0.2, 0.25) is 5.91 Å². The molecule has 10 heteroatoms. The van der Waals surface area contributed by atoms with E-state index in [-0.39, 0.29) is 38.0 Å². The monoisotopic (exact) mass is 420 g/mol. The van der Waals surface area contributed by atoms with Crippen molar-refractivity contribution in [3.63, 3.8) is 0 Å². The lowest BCUT2D eigenvalue weighted by atomic mass is 10.2. The fourth-order valence-corrected chi connectivity index (χ4v) is 4.06. The molecule has 4 rings (SSSR count). The van der Waals surface area contributed by atoms with Crippen LogP contribution in [0.5, 0.6) is 0 Å². The van der Waals surface area contributed by atoms with E-state index in [0.717, 1.165) is 13.1 Å². The van der Waals surface area contributed by atoms with Gasteiger partial charge in [0.1, 0.15) is 11.9 Å². The molecular weight excluding hydrogens is 395 g/mol. The maximum atomic E-state index is 14.8. The van der Waals surface area contributed by atoms with Crippen molar-refractivity contribution in [2.45, 2.75) is 13.0 Å². The van der Waals surface area contributed by atoms with Crippen molar-refractivity contribution in [1.29, 1.82) is 0 Å². The Kier molecular flexibility index (Phi) is 5.78. The molecule has 2 amide bonds. The van der Waals surface area contributed by atoms with Gasteiger partial charge in [-0.15, -0.1) is 0 Å². The van der Waals surface area contributed by atoms with Gasteiger partial charge in [0, 0.05) is 38.0 Å². The van der Waals surface area contributed by atoms with Crippen LogP contribution in [0.1, 0.15) is 6.92 Å². The fraction of sp³-hybridized carbons (Fsp3) is 0.500. The van der Waals surface area contributed by atoms with Gasteiger partial charge in [-0.3, -0.25) is 20.0 Å². The number of hydrogen-bond donors (Lipinski definition) is 3. The summed E-state index contributed by atoms with van der Waals surface area (Å²) in [5.41, 5.74) is 4.90. The van der Waals surface area contributed by atoms with E-state index in [1.165, 1.54) is 23.5 Å². The number of hydroxylamine groups is 1. The largest absolute Gasteiger partial charge is 0.442 e. The van der Waals surface area contributed by atoms with Crippen molar-refractivity contribution in [2.75, 3.05) is 49.2 Å². The topological polar surface area (TPSA) is 103 Å². The zero-order chi connectivity index (χ0) is 21.3. The van der Waals surface area contributed by atoms with E-state index in [1.807, 2.05) is 11.1 Å². The maximum absolute atomic E-state index is 14.8. The molecule has 2 saturated heterocycles. The third-order valence-corrected chi connectivity index (χ3v) is 5.61. The van der Waals surface area contributed by atoms with Crippen LogP contribution in [0, 0.1) is 17.7 Å².